The zero-order valence-corrected chi connectivity index (χ0v) is 15.3. The normalized spacial score (nSPS) is 21.1. The average molecular weight is 373 g/mol. The van der Waals surface area contributed by atoms with E-state index in [0.29, 0.717) is 44.4 Å². The molecule has 1 atom stereocenters. The highest BCUT2D eigenvalue weighted by Gasteiger charge is 2.50. The zero-order chi connectivity index (χ0) is 18.7. The predicted octanol–water partition coefficient (Wildman–Crippen LogP) is 0.772. The van der Waals surface area contributed by atoms with Gasteiger partial charge in [-0.1, -0.05) is 0 Å². The number of methoxy groups -OCH3 is 1. The second-order valence-electron chi connectivity index (χ2n) is 6.93. The summed E-state index contributed by atoms with van der Waals surface area (Å²) < 4.78 is 18.7. The van der Waals surface area contributed by atoms with Crippen LogP contribution in [0.25, 0.3) is 0 Å². The van der Waals surface area contributed by atoms with Crippen molar-refractivity contribution < 1.29 is 19.0 Å². The summed E-state index contributed by atoms with van der Waals surface area (Å²) in [6.07, 6.45) is 8.18. The van der Waals surface area contributed by atoms with Crippen molar-refractivity contribution in [3.63, 3.8) is 0 Å². The van der Waals surface area contributed by atoms with Gasteiger partial charge in [-0.2, -0.15) is 5.10 Å². The molecule has 27 heavy (non-hydrogen) atoms. The van der Waals surface area contributed by atoms with Crippen molar-refractivity contribution >= 4 is 5.91 Å². The van der Waals surface area contributed by atoms with E-state index in [-0.39, 0.29) is 17.6 Å². The van der Waals surface area contributed by atoms with Crippen LogP contribution in [0.1, 0.15) is 23.3 Å². The van der Waals surface area contributed by atoms with E-state index in [1.165, 1.54) is 0 Å². The smallest absolute Gasteiger partial charge is 0.274 e. The summed E-state index contributed by atoms with van der Waals surface area (Å²) in [5.41, 5.74) is 0.114. The van der Waals surface area contributed by atoms with Crippen LogP contribution >= 0.6 is 0 Å². The molecule has 4 heterocycles. The fraction of sp³-hybridized carbons (Fsp3) is 0.556. The van der Waals surface area contributed by atoms with Gasteiger partial charge in [-0.05, 0) is 6.07 Å². The van der Waals surface area contributed by atoms with Crippen LogP contribution in [0, 0.1) is 0 Å². The van der Waals surface area contributed by atoms with Crippen molar-refractivity contribution in [1.82, 2.24) is 24.6 Å². The highest BCUT2D eigenvalue weighted by Crippen LogP contribution is 2.36. The number of amides is 1. The van der Waals surface area contributed by atoms with E-state index in [1.54, 1.807) is 47.5 Å². The van der Waals surface area contributed by atoms with Crippen LogP contribution in [0.3, 0.4) is 0 Å². The molecular weight excluding hydrogens is 350 g/mol. The maximum atomic E-state index is 12.6. The summed E-state index contributed by atoms with van der Waals surface area (Å²) in [5, 5.41) is 4.32. The molecular formula is C18H23N5O4. The van der Waals surface area contributed by atoms with E-state index in [9.17, 15) is 4.79 Å². The van der Waals surface area contributed by atoms with E-state index in [1.807, 2.05) is 0 Å². The molecule has 2 aromatic heterocycles. The summed E-state index contributed by atoms with van der Waals surface area (Å²) in [6, 6.07) is 1.74. The van der Waals surface area contributed by atoms with Crippen molar-refractivity contribution in [2.75, 3.05) is 33.4 Å². The van der Waals surface area contributed by atoms with Gasteiger partial charge < -0.3 is 19.1 Å². The number of rotatable bonds is 6. The molecule has 0 N–H and O–H groups in total. The van der Waals surface area contributed by atoms with Gasteiger partial charge in [0.15, 0.2) is 0 Å². The van der Waals surface area contributed by atoms with E-state index in [2.05, 4.69) is 15.1 Å². The SMILES string of the molecule is COCCn1ccc(C(=O)N2CC3(CC(Oc4cnccn4)CCO3)C2)n1. The standard InChI is InChI=1S/C18H23N5O4/c1-25-9-7-23-6-2-15(21-23)17(24)22-12-18(13-22)10-14(3-8-26-18)27-16-11-19-4-5-20-16/h2,4-6,11,14H,3,7-10,12-13H2,1H3. The highest BCUT2D eigenvalue weighted by atomic mass is 16.5. The van der Waals surface area contributed by atoms with Crippen molar-refractivity contribution in [2.45, 2.75) is 31.1 Å². The summed E-state index contributed by atoms with van der Waals surface area (Å²) >= 11 is 0. The quantitative estimate of drug-likeness (QED) is 0.739. The Hall–Kier alpha value is -2.52. The third-order valence-corrected chi connectivity index (χ3v) is 4.90. The molecule has 1 spiro atoms. The van der Waals surface area contributed by atoms with Crippen LogP contribution in [0.15, 0.2) is 30.9 Å². The second kappa shape index (κ2) is 7.61. The predicted molar refractivity (Wildman–Crippen MR) is 94.4 cm³/mol. The number of ether oxygens (including phenoxy) is 3. The maximum absolute atomic E-state index is 12.6. The van der Waals surface area contributed by atoms with Crippen LogP contribution < -0.4 is 4.74 Å². The molecule has 1 amide bonds. The number of aromatic nitrogens is 4. The molecule has 2 aromatic rings. The molecule has 9 nitrogen and oxygen atoms in total. The van der Waals surface area contributed by atoms with E-state index >= 15 is 0 Å². The lowest BCUT2D eigenvalue weighted by Crippen LogP contribution is -2.67. The average Bonchev–Trinajstić information content (AvgIpc) is 3.14. The lowest BCUT2D eigenvalue weighted by molar-refractivity contribution is -0.174. The summed E-state index contributed by atoms with van der Waals surface area (Å²) in [4.78, 5) is 22.6. The van der Waals surface area contributed by atoms with Crippen molar-refractivity contribution in [2.24, 2.45) is 0 Å². The van der Waals surface area contributed by atoms with Gasteiger partial charge >= 0.3 is 0 Å². The molecule has 144 valence electrons. The fourth-order valence-corrected chi connectivity index (χ4v) is 3.56. The van der Waals surface area contributed by atoms with Crippen molar-refractivity contribution in [3.8, 4) is 5.88 Å². The Bertz CT molecular complexity index is 775. The molecule has 2 aliphatic rings. The van der Waals surface area contributed by atoms with Crippen molar-refractivity contribution in [3.05, 3.63) is 36.5 Å². The van der Waals surface area contributed by atoms with Gasteiger partial charge in [0.05, 0.1) is 39.0 Å². The Morgan fingerprint density at radius 3 is 3.07 bits per heavy atom. The Morgan fingerprint density at radius 2 is 2.30 bits per heavy atom. The number of hydrogen-bond donors (Lipinski definition) is 0. The van der Waals surface area contributed by atoms with E-state index in [4.69, 9.17) is 14.2 Å². The van der Waals surface area contributed by atoms with Gasteiger partial charge in [0.25, 0.3) is 5.91 Å². The molecule has 9 heteroatoms. The third-order valence-electron chi connectivity index (χ3n) is 4.90. The Kier molecular flexibility index (Phi) is 5.04. The van der Waals surface area contributed by atoms with Gasteiger partial charge in [0.1, 0.15) is 17.4 Å². The molecule has 0 radical (unpaired) electrons. The first-order valence-corrected chi connectivity index (χ1v) is 9.06. The number of nitrogens with zero attached hydrogens (tertiary/aromatic N) is 5. The van der Waals surface area contributed by atoms with Gasteiger partial charge in [-0.25, -0.2) is 4.98 Å². The second-order valence-corrected chi connectivity index (χ2v) is 6.93. The molecule has 4 rings (SSSR count). The first-order chi connectivity index (χ1) is 13.2. The number of carbonyl (C=O) groups is 1. The number of hydrogen-bond acceptors (Lipinski definition) is 7. The van der Waals surface area contributed by atoms with Gasteiger partial charge in [0.2, 0.25) is 5.88 Å². The minimum Gasteiger partial charge on any atom is -0.473 e. The number of carbonyl (C=O) groups excluding carboxylic acids is 1. The van der Waals surface area contributed by atoms with Crippen LogP contribution in [-0.2, 0) is 16.0 Å². The molecule has 1 unspecified atom stereocenters. The Balaban J connectivity index is 1.32. The minimum atomic E-state index is -0.334. The molecule has 2 fully saturated rings. The topological polar surface area (TPSA) is 91.6 Å². The molecule has 0 bridgehead atoms. The van der Waals surface area contributed by atoms with Crippen molar-refractivity contribution in [1.29, 1.82) is 0 Å². The van der Waals surface area contributed by atoms with Crippen LogP contribution in [0.2, 0.25) is 0 Å². The fourth-order valence-electron chi connectivity index (χ4n) is 3.56. The van der Waals surface area contributed by atoms with E-state index < -0.39 is 0 Å². The highest BCUT2D eigenvalue weighted by molar-refractivity contribution is 5.93. The molecule has 2 aliphatic heterocycles. The van der Waals surface area contributed by atoms with Crippen LogP contribution in [0.5, 0.6) is 5.88 Å². The molecule has 0 aliphatic carbocycles. The summed E-state index contributed by atoms with van der Waals surface area (Å²) in [6.45, 7) is 2.90. The van der Waals surface area contributed by atoms with Gasteiger partial charge in [-0.3, -0.25) is 14.5 Å². The maximum Gasteiger partial charge on any atom is 0.274 e. The van der Waals surface area contributed by atoms with Crippen LogP contribution in [0.4, 0.5) is 0 Å². The number of likely N-dealkylation sites (tertiary alicyclic amines) is 1. The largest absolute Gasteiger partial charge is 0.473 e. The lowest BCUT2D eigenvalue weighted by atomic mass is 9.84. The minimum absolute atomic E-state index is 0.0148. The van der Waals surface area contributed by atoms with Gasteiger partial charge in [-0.15, -0.1) is 0 Å². The molecule has 0 aromatic carbocycles. The summed E-state index contributed by atoms with van der Waals surface area (Å²) in [5.74, 6) is 0.450. The van der Waals surface area contributed by atoms with Gasteiger partial charge in [0, 0.05) is 38.5 Å². The first-order valence-electron chi connectivity index (χ1n) is 9.06. The monoisotopic (exact) mass is 373 g/mol. The summed E-state index contributed by atoms with van der Waals surface area (Å²) in [7, 11) is 1.64. The Morgan fingerprint density at radius 1 is 1.41 bits per heavy atom. The lowest BCUT2D eigenvalue weighted by Gasteiger charge is -2.52. The van der Waals surface area contributed by atoms with E-state index in [0.717, 1.165) is 12.8 Å². The first kappa shape index (κ1) is 17.9. The Labute approximate surface area is 157 Å². The zero-order valence-electron chi connectivity index (χ0n) is 15.3. The van der Waals surface area contributed by atoms with Crippen LogP contribution in [-0.4, -0.2) is 75.7 Å². The molecule has 2 saturated heterocycles. The third kappa shape index (κ3) is 3.93. The molecule has 0 saturated carbocycles.